The summed E-state index contributed by atoms with van der Waals surface area (Å²) in [6.45, 7) is 2.02. The molecular formula is C15H21NO4. The normalized spacial score (nSPS) is 22.4. The van der Waals surface area contributed by atoms with Gasteiger partial charge in [-0.1, -0.05) is 24.3 Å². The van der Waals surface area contributed by atoms with Crippen LogP contribution in [-0.2, 0) is 27.4 Å². The number of carbonyl (C=O) groups is 1. The number of nitrogens with zero attached hydrogens (tertiary/aromatic N) is 1. The van der Waals surface area contributed by atoms with Crippen molar-refractivity contribution in [2.24, 2.45) is 5.92 Å². The zero-order chi connectivity index (χ0) is 14.5. The summed E-state index contributed by atoms with van der Waals surface area (Å²) in [5.41, 5.74) is 2.29. The Labute approximate surface area is 119 Å². The molecule has 1 fully saturated rings. The Balaban J connectivity index is 2.07. The van der Waals surface area contributed by atoms with Gasteiger partial charge in [-0.2, -0.15) is 0 Å². The summed E-state index contributed by atoms with van der Waals surface area (Å²) >= 11 is 0. The topological polar surface area (TPSA) is 59.0 Å². The standard InChI is InChI=1S/C15H21NO4/c1-16(14-10-20-9-13(14)15(17)18)7-11-5-3-4-6-12(11)8-19-2/h3-6,13-14H,7-10H2,1-2H3,(H,17,18). The number of likely N-dealkylation sites (N-methyl/N-ethyl adjacent to an activating group) is 1. The fourth-order valence-corrected chi connectivity index (χ4v) is 2.61. The highest BCUT2D eigenvalue weighted by atomic mass is 16.5. The van der Waals surface area contributed by atoms with E-state index >= 15 is 0 Å². The number of hydrogen-bond acceptors (Lipinski definition) is 4. The second kappa shape index (κ2) is 6.83. The fraction of sp³-hybridized carbons (Fsp3) is 0.533. The van der Waals surface area contributed by atoms with Crippen molar-refractivity contribution in [2.75, 3.05) is 27.4 Å². The van der Waals surface area contributed by atoms with Gasteiger partial charge in [0.2, 0.25) is 0 Å². The Bertz CT molecular complexity index is 463. The Kier molecular flexibility index (Phi) is 5.11. The molecule has 0 radical (unpaired) electrons. The molecule has 0 amide bonds. The van der Waals surface area contributed by atoms with E-state index in [1.165, 1.54) is 0 Å². The first-order chi connectivity index (χ1) is 9.63. The van der Waals surface area contributed by atoms with Crippen LogP contribution in [0.25, 0.3) is 0 Å². The molecule has 0 aromatic heterocycles. The van der Waals surface area contributed by atoms with Crippen molar-refractivity contribution >= 4 is 5.97 Å². The number of carboxylic acid groups (broad SMARTS) is 1. The Morgan fingerprint density at radius 2 is 2.10 bits per heavy atom. The smallest absolute Gasteiger partial charge is 0.310 e. The molecule has 5 nitrogen and oxygen atoms in total. The molecule has 2 unspecified atom stereocenters. The number of rotatable bonds is 6. The third kappa shape index (κ3) is 3.36. The summed E-state index contributed by atoms with van der Waals surface area (Å²) < 4.78 is 10.5. The van der Waals surface area contributed by atoms with Crippen molar-refractivity contribution in [1.29, 1.82) is 0 Å². The summed E-state index contributed by atoms with van der Waals surface area (Å²) in [5, 5.41) is 9.21. The molecule has 2 rings (SSSR count). The van der Waals surface area contributed by atoms with Gasteiger partial charge >= 0.3 is 5.97 Å². The van der Waals surface area contributed by atoms with Gasteiger partial charge in [0.25, 0.3) is 0 Å². The molecule has 0 aliphatic carbocycles. The maximum atomic E-state index is 11.2. The van der Waals surface area contributed by atoms with Crippen LogP contribution >= 0.6 is 0 Å². The summed E-state index contributed by atoms with van der Waals surface area (Å²) in [6, 6.07) is 7.98. The minimum Gasteiger partial charge on any atom is -0.481 e. The maximum absolute atomic E-state index is 11.2. The van der Waals surface area contributed by atoms with Crippen molar-refractivity contribution in [1.82, 2.24) is 4.90 Å². The van der Waals surface area contributed by atoms with Crippen LogP contribution in [0.3, 0.4) is 0 Å². The summed E-state index contributed by atoms with van der Waals surface area (Å²) in [6.07, 6.45) is 0. The molecule has 0 saturated carbocycles. The highest BCUT2D eigenvalue weighted by Gasteiger charge is 2.36. The molecule has 0 spiro atoms. The molecule has 5 heteroatoms. The first-order valence-electron chi connectivity index (χ1n) is 6.70. The summed E-state index contributed by atoms with van der Waals surface area (Å²) in [5.74, 6) is -1.24. The third-order valence-electron chi connectivity index (χ3n) is 3.77. The predicted octanol–water partition coefficient (Wildman–Crippen LogP) is 1.36. The van der Waals surface area contributed by atoms with Gasteiger partial charge in [-0.05, 0) is 18.2 Å². The van der Waals surface area contributed by atoms with E-state index in [0.717, 1.165) is 11.1 Å². The molecule has 1 aliphatic rings. The van der Waals surface area contributed by atoms with Gasteiger partial charge in [0.1, 0.15) is 0 Å². The lowest BCUT2D eigenvalue weighted by Gasteiger charge is -2.27. The van der Waals surface area contributed by atoms with E-state index in [0.29, 0.717) is 26.4 Å². The summed E-state index contributed by atoms with van der Waals surface area (Å²) in [4.78, 5) is 13.3. The number of benzene rings is 1. The van der Waals surface area contributed by atoms with E-state index in [1.54, 1.807) is 7.11 Å². The molecule has 1 aromatic carbocycles. The second-order valence-corrected chi connectivity index (χ2v) is 5.17. The second-order valence-electron chi connectivity index (χ2n) is 5.17. The van der Waals surface area contributed by atoms with Crippen molar-refractivity contribution in [2.45, 2.75) is 19.2 Å². The molecule has 1 heterocycles. The van der Waals surface area contributed by atoms with Crippen LogP contribution in [0.15, 0.2) is 24.3 Å². The lowest BCUT2D eigenvalue weighted by Crippen LogP contribution is -2.40. The monoisotopic (exact) mass is 279 g/mol. The van der Waals surface area contributed by atoms with Crippen LogP contribution in [0.1, 0.15) is 11.1 Å². The minimum absolute atomic E-state index is 0.0805. The minimum atomic E-state index is -0.787. The first-order valence-corrected chi connectivity index (χ1v) is 6.70. The van der Waals surface area contributed by atoms with Gasteiger partial charge < -0.3 is 14.6 Å². The van der Waals surface area contributed by atoms with E-state index in [2.05, 4.69) is 11.0 Å². The molecule has 2 atom stereocenters. The van der Waals surface area contributed by atoms with Crippen LogP contribution < -0.4 is 0 Å². The van der Waals surface area contributed by atoms with Crippen LogP contribution in [0.2, 0.25) is 0 Å². The lowest BCUT2D eigenvalue weighted by atomic mass is 10.0. The zero-order valence-electron chi connectivity index (χ0n) is 11.9. The Morgan fingerprint density at radius 1 is 1.40 bits per heavy atom. The molecule has 1 aliphatic heterocycles. The van der Waals surface area contributed by atoms with E-state index < -0.39 is 11.9 Å². The fourth-order valence-electron chi connectivity index (χ4n) is 2.61. The number of hydrogen-bond donors (Lipinski definition) is 1. The molecule has 1 saturated heterocycles. The van der Waals surface area contributed by atoms with Gasteiger partial charge in [-0.3, -0.25) is 9.69 Å². The van der Waals surface area contributed by atoms with E-state index in [-0.39, 0.29) is 6.04 Å². The number of methoxy groups -OCH3 is 1. The van der Waals surface area contributed by atoms with Crippen molar-refractivity contribution in [3.8, 4) is 0 Å². The third-order valence-corrected chi connectivity index (χ3v) is 3.77. The predicted molar refractivity (Wildman–Crippen MR) is 74.4 cm³/mol. The van der Waals surface area contributed by atoms with E-state index in [9.17, 15) is 9.90 Å². The van der Waals surface area contributed by atoms with E-state index in [4.69, 9.17) is 9.47 Å². The van der Waals surface area contributed by atoms with Crippen molar-refractivity contribution in [3.63, 3.8) is 0 Å². The van der Waals surface area contributed by atoms with Crippen LogP contribution in [0, 0.1) is 5.92 Å². The zero-order valence-corrected chi connectivity index (χ0v) is 11.9. The average Bonchev–Trinajstić information content (AvgIpc) is 2.91. The van der Waals surface area contributed by atoms with Crippen LogP contribution in [0.5, 0.6) is 0 Å². The lowest BCUT2D eigenvalue weighted by molar-refractivity contribution is -0.143. The quantitative estimate of drug-likeness (QED) is 0.852. The van der Waals surface area contributed by atoms with Gasteiger partial charge in [-0.15, -0.1) is 0 Å². The van der Waals surface area contributed by atoms with Crippen LogP contribution in [-0.4, -0.2) is 49.4 Å². The van der Waals surface area contributed by atoms with Gasteiger partial charge in [0.15, 0.2) is 0 Å². The molecular weight excluding hydrogens is 258 g/mol. The molecule has 110 valence electrons. The van der Waals surface area contributed by atoms with Crippen molar-refractivity contribution in [3.05, 3.63) is 35.4 Å². The van der Waals surface area contributed by atoms with E-state index in [1.807, 2.05) is 25.2 Å². The molecule has 0 bridgehead atoms. The molecule has 1 N–H and O–H groups in total. The number of ether oxygens (including phenoxy) is 2. The molecule has 1 aromatic rings. The van der Waals surface area contributed by atoms with Crippen molar-refractivity contribution < 1.29 is 19.4 Å². The average molecular weight is 279 g/mol. The van der Waals surface area contributed by atoms with Gasteiger partial charge in [-0.25, -0.2) is 0 Å². The Morgan fingerprint density at radius 3 is 2.75 bits per heavy atom. The summed E-state index contributed by atoms with van der Waals surface area (Å²) in [7, 11) is 3.62. The maximum Gasteiger partial charge on any atom is 0.310 e. The number of aliphatic carboxylic acids is 1. The first kappa shape index (κ1) is 15.0. The van der Waals surface area contributed by atoms with Gasteiger partial charge in [0.05, 0.1) is 25.7 Å². The molecule has 20 heavy (non-hydrogen) atoms. The van der Waals surface area contributed by atoms with Gasteiger partial charge in [0, 0.05) is 19.7 Å². The largest absolute Gasteiger partial charge is 0.481 e. The SMILES string of the molecule is COCc1ccccc1CN(C)C1COCC1C(=O)O. The number of carboxylic acids is 1. The highest BCUT2D eigenvalue weighted by Crippen LogP contribution is 2.22. The highest BCUT2D eigenvalue weighted by molar-refractivity contribution is 5.71. The Hall–Kier alpha value is -1.43. The van der Waals surface area contributed by atoms with Crippen LogP contribution in [0.4, 0.5) is 0 Å².